The second kappa shape index (κ2) is 6.10. The Morgan fingerprint density at radius 1 is 1.13 bits per heavy atom. The molecule has 0 amide bonds. The van der Waals surface area contributed by atoms with Crippen LogP contribution in [0, 0.1) is 13.8 Å². The fourth-order valence-corrected chi connectivity index (χ4v) is 4.35. The van der Waals surface area contributed by atoms with Crippen molar-refractivity contribution in [3.05, 3.63) is 40.3 Å². The first-order valence-electron chi connectivity index (χ1n) is 6.70. The average molecular weight is 368 g/mol. The van der Waals surface area contributed by atoms with Gasteiger partial charge in [-0.15, -0.1) is 11.3 Å². The van der Waals surface area contributed by atoms with Gasteiger partial charge in [-0.05, 0) is 26.0 Å². The molecule has 23 heavy (non-hydrogen) atoms. The summed E-state index contributed by atoms with van der Waals surface area (Å²) in [4.78, 5) is 10.2. The van der Waals surface area contributed by atoms with Crippen molar-refractivity contribution in [1.29, 1.82) is 0 Å². The van der Waals surface area contributed by atoms with Crippen molar-refractivity contribution in [2.24, 2.45) is 5.14 Å². The third kappa shape index (κ3) is 3.65. The first-order valence-corrected chi connectivity index (χ1v) is 9.95. The summed E-state index contributed by atoms with van der Waals surface area (Å²) in [5.41, 5.74) is 2.78. The van der Waals surface area contributed by atoms with Gasteiger partial charge in [0.25, 0.3) is 5.13 Å². The summed E-state index contributed by atoms with van der Waals surface area (Å²) in [6.07, 6.45) is 0. The molecular formula is C14H15N4O2S3+. The molecule has 0 aliphatic rings. The molecule has 0 saturated carbocycles. The van der Waals surface area contributed by atoms with Crippen molar-refractivity contribution in [1.82, 2.24) is 9.97 Å². The van der Waals surface area contributed by atoms with E-state index in [-0.39, 0.29) is 4.90 Å². The number of nitrogens with two attached hydrogens (primary N) is 2. The van der Waals surface area contributed by atoms with Crippen LogP contribution in [-0.4, -0.2) is 18.4 Å². The minimum Gasteiger partial charge on any atom is -0.256 e. The van der Waals surface area contributed by atoms with Gasteiger partial charge >= 0.3 is 0 Å². The maximum atomic E-state index is 11.2. The lowest BCUT2D eigenvalue weighted by atomic mass is 10.3. The molecule has 3 aromatic rings. The molecule has 1 aromatic carbocycles. The zero-order valence-electron chi connectivity index (χ0n) is 12.5. The normalized spacial score (nSPS) is 11.8. The van der Waals surface area contributed by atoms with Gasteiger partial charge in [0.1, 0.15) is 5.69 Å². The molecule has 4 N–H and O–H groups in total. The summed E-state index contributed by atoms with van der Waals surface area (Å²) in [5, 5.41) is 10.9. The number of hydrogen-bond acceptors (Lipinski definition) is 6. The minimum absolute atomic E-state index is 0.102. The molecule has 3 rings (SSSR count). The third-order valence-electron chi connectivity index (χ3n) is 3.16. The van der Waals surface area contributed by atoms with Gasteiger partial charge in [0.2, 0.25) is 10.0 Å². The molecule has 0 bridgehead atoms. The summed E-state index contributed by atoms with van der Waals surface area (Å²) in [5.74, 6) is 0. The molecule has 0 atom stereocenters. The first kappa shape index (κ1) is 16.2. The van der Waals surface area contributed by atoms with E-state index in [4.69, 9.17) is 5.14 Å². The maximum Gasteiger partial charge on any atom is 0.288 e. The number of hydrogen-bond donors (Lipinski definition) is 2. The smallest absolute Gasteiger partial charge is 0.256 e. The largest absolute Gasteiger partial charge is 0.288 e. The van der Waals surface area contributed by atoms with Crippen LogP contribution in [0.3, 0.4) is 0 Å². The molecule has 0 fully saturated rings. The van der Waals surface area contributed by atoms with Gasteiger partial charge in [-0.25, -0.2) is 18.5 Å². The van der Waals surface area contributed by atoms with Gasteiger partial charge in [0.05, 0.1) is 26.2 Å². The summed E-state index contributed by atoms with van der Waals surface area (Å²) >= 11 is 3.17. The predicted molar refractivity (Wildman–Crippen MR) is 91.8 cm³/mol. The molecular weight excluding hydrogens is 352 g/mol. The van der Waals surface area contributed by atoms with Gasteiger partial charge in [0, 0.05) is 17.5 Å². The summed E-state index contributed by atoms with van der Waals surface area (Å²) < 4.78 is 22.5. The number of aryl methyl sites for hydroxylation is 2. The summed E-state index contributed by atoms with van der Waals surface area (Å²) in [6.45, 7) is 3.96. The van der Waals surface area contributed by atoms with E-state index in [1.54, 1.807) is 23.5 Å². The van der Waals surface area contributed by atoms with Crippen LogP contribution in [-0.2, 0) is 10.0 Å². The average Bonchev–Trinajstić information content (AvgIpc) is 3.05. The Labute approximate surface area is 142 Å². The standard InChI is InChI=1S/C14H14N4O2S3/c1-8-13(22-9(2)16-8)12-7-21-14(18-12)17-10-3-5-11(6-4-10)23(15,19)20/h3-7H,1-2H3,(H,17,18)(H2,15,19,20)/p+1. The third-order valence-corrected chi connectivity index (χ3v) is 5.97. The van der Waals surface area contributed by atoms with Crippen molar-refractivity contribution >= 4 is 43.5 Å². The van der Waals surface area contributed by atoms with Gasteiger partial charge in [-0.2, -0.15) is 4.98 Å². The van der Waals surface area contributed by atoms with Crippen LogP contribution < -0.4 is 10.5 Å². The van der Waals surface area contributed by atoms with Crippen LogP contribution in [0.2, 0.25) is 0 Å². The molecule has 0 aliphatic carbocycles. The number of quaternary nitrogens is 1. The Kier molecular flexibility index (Phi) is 4.30. The Hall–Kier alpha value is -1.65. The highest BCUT2D eigenvalue weighted by atomic mass is 32.2. The van der Waals surface area contributed by atoms with Crippen LogP contribution in [0.5, 0.6) is 0 Å². The maximum absolute atomic E-state index is 11.2. The molecule has 2 heterocycles. The second-order valence-corrected chi connectivity index (χ2v) is 8.63. The van der Waals surface area contributed by atoms with Gasteiger partial charge in [0.15, 0.2) is 0 Å². The van der Waals surface area contributed by atoms with Gasteiger partial charge in [-0.1, -0.05) is 11.3 Å². The number of aromatic nitrogens is 2. The van der Waals surface area contributed by atoms with Crippen LogP contribution >= 0.6 is 22.7 Å². The fourth-order valence-electron chi connectivity index (χ4n) is 2.12. The number of thiazole rings is 2. The minimum atomic E-state index is -3.66. The van der Waals surface area contributed by atoms with Crippen molar-refractivity contribution < 1.29 is 13.7 Å². The van der Waals surface area contributed by atoms with E-state index < -0.39 is 10.0 Å². The van der Waals surface area contributed by atoms with E-state index >= 15 is 0 Å². The Balaban J connectivity index is 1.81. The predicted octanol–water partition coefficient (Wildman–Crippen LogP) is 2.06. The molecule has 9 heteroatoms. The number of benzene rings is 1. The van der Waals surface area contributed by atoms with Crippen LogP contribution in [0.15, 0.2) is 34.5 Å². The van der Waals surface area contributed by atoms with E-state index in [1.807, 2.05) is 24.5 Å². The number of primary sulfonamides is 1. The highest BCUT2D eigenvalue weighted by Crippen LogP contribution is 2.31. The monoisotopic (exact) mass is 367 g/mol. The molecule has 0 unspecified atom stereocenters. The lowest BCUT2D eigenvalue weighted by Gasteiger charge is -1.99. The second-order valence-electron chi connectivity index (χ2n) is 4.98. The molecule has 6 nitrogen and oxygen atoms in total. The van der Waals surface area contributed by atoms with Crippen LogP contribution in [0.25, 0.3) is 10.6 Å². The van der Waals surface area contributed by atoms with Crippen molar-refractivity contribution in [3.63, 3.8) is 0 Å². The van der Waals surface area contributed by atoms with E-state index in [0.29, 0.717) is 0 Å². The quantitative estimate of drug-likeness (QED) is 0.689. The molecule has 2 aromatic heterocycles. The molecule has 0 aliphatic heterocycles. The summed E-state index contributed by atoms with van der Waals surface area (Å²) in [7, 11) is -3.66. The summed E-state index contributed by atoms with van der Waals surface area (Å²) in [6, 6.07) is 6.41. The zero-order valence-corrected chi connectivity index (χ0v) is 14.9. The Morgan fingerprint density at radius 3 is 2.39 bits per heavy atom. The lowest BCUT2D eigenvalue weighted by Crippen LogP contribution is -2.70. The molecule has 0 spiro atoms. The van der Waals surface area contributed by atoms with Crippen LogP contribution in [0.4, 0.5) is 10.8 Å². The molecule has 0 saturated heterocycles. The van der Waals surface area contributed by atoms with Gasteiger partial charge < -0.3 is 0 Å². The van der Waals surface area contributed by atoms with Crippen molar-refractivity contribution in [2.45, 2.75) is 18.7 Å². The first-order chi connectivity index (χ1) is 10.8. The molecule has 0 radical (unpaired) electrons. The number of sulfonamides is 1. The topological polar surface area (TPSA) is 103 Å². The van der Waals surface area contributed by atoms with Crippen LogP contribution in [0.1, 0.15) is 10.7 Å². The highest BCUT2D eigenvalue weighted by Gasteiger charge is 2.14. The SMILES string of the molecule is Cc1nc(C)c(-c2csc([NH2+]c3ccc(S(N)(=O)=O)cc3)n2)s1. The van der Waals surface area contributed by atoms with E-state index in [9.17, 15) is 8.42 Å². The molecule has 120 valence electrons. The Bertz CT molecular complexity index is 943. The van der Waals surface area contributed by atoms with E-state index in [2.05, 4.69) is 9.97 Å². The zero-order chi connectivity index (χ0) is 16.6. The van der Waals surface area contributed by atoms with Gasteiger partial charge in [-0.3, -0.25) is 5.32 Å². The van der Waals surface area contributed by atoms with Crippen molar-refractivity contribution in [3.8, 4) is 10.6 Å². The van der Waals surface area contributed by atoms with E-state index in [0.717, 1.165) is 32.1 Å². The van der Waals surface area contributed by atoms with E-state index in [1.165, 1.54) is 23.5 Å². The number of nitrogens with zero attached hydrogens (tertiary/aromatic N) is 2. The number of rotatable bonds is 4. The highest BCUT2D eigenvalue weighted by molar-refractivity contribution is 7.89. The fraction of sp³-hybridized carbons (Fsp3) is 0.143. The lowest BCUT2D eigenvalue weighted by molar-refractivity contribution is -0.478. The van der Waals surface area contributed by atoms with Crippen molar-refractivity contribution in [2.75, 3.05) is 0 Å². The Morgan fingerprint density at radius 2 is 1.83 bits per heavy atom.